The quantitative estimate of drug-likeness (QED) is 0.202. The molecule has 0 aliphatic carbocycles. The van der Waals surface area contributed by atoms with Gasteiger partial charge in [0.05, 0.1) is 33.3 Å². The van der Waals surface area contributed by atoms with Crippen molar-refractivity contribution in [1.82, 2.24) is 14.5 Å². The molecule has 1 atom stereocenters. The summed E-state index contributed by atoms with van der Waals surface area (Å²) in [5, 5.41) is 4.74. The van der Waals surface area contributed by atoms with Crippen LogP contribution in [0.15, 0.2) is 95.8 Å². The van der Waals surface area contributed by atoms with Gasteiger partial charge in [0.25, 0.3) is 5.56 Å². The van der Waals surface area contributed by atoms with Crippen LogP contribution in [0.3, 0.4) is 0 Å². The lowest BCUT2D eigenvalue weighted by molar-refractivity contribution is 0.190. The molecule has 0 radical (unpaired) electrons. The summed E-state index contributed by atoms with van der Waals surface area (Å²) >= 11 is 18.7. The Hall–Kier alpha value is -3.84. The van der Waals surface area contributed by atoms with Crippen molar-refractivity contribution in [3.63, 3.8) is 0 Å². The molecule has 41 heavy (non-hydrogen) atoms. The molecule has 1 unspecified atom stereocenters. The molecule has 208 valence electrons. The molecule has 0 fully saturated rings. The van der Waals surface area contributed by atoms with E-state index in [9.17, 15) is 9.59 Å². The van der Waals surface area contributed by atoms with E-state index in [4.69, 9.17) is 39.8 Å². The summed E-state index contributed by atoms with van der Waals surface area (Å²) in [7, 11) is 0. The highest BCUT2D eigenvalue weighted by atomic mass is 35.5. The van der Waals surface area contributed by atoms with E-state index in [1.54, 1.807) is 58.0 Å². The molecule has 4 aromatic carbocycles. The van der Waals surface area contributed by atoms with Crippen molar-refractivity contribution in [2.45, 2.75) is 26.3 Å². The van der Waals surface area contributed by atoms with E-state index >= 15 is 0 Å². The number of amides is 2. The van der Waals surface area contributed by atoms with Gasteiger partial charge in [-0.1, -0.05) is 77.3 Å². The molecule has 0 spiro atoms. The van der Waals surface area contributed by atoms with E-state index in [1.165, 1.54) is 0 Å². The third kappa shape index (κ3) is 6.25. The van der Waals surface area contributed by atoms with Crippen molar-refractivity contribution in [3.05, 3.63) is 133 Å². The number of benzene rings is 4. The Morgan fingerprint density at radius 3 is 2.34 bits per heavy atom. The summed E-state index contributed by atoms with van der Waals surface area (Å²) in [6, 6.07) is 26.3. The normalized spacial score (nSPS) is 11.8. The summed E-state index contributed by atoms with van der Waals surface area (Å²) < 4.78 is 1.58. The number of aromatic nitrogens is 2. The smallest absolute Gasteiger partial charge is 0.314 e. The number of fused-ring (bicyclic) bond motifs is 1. The topological polar surface area (TPSA) is 67.2 Å². The van der Waals surface area contributed by atoms with Crippen LogP contribution < -0.4 is 10.9 Å². The highest BCUT2D eigenvalue weighted by Crippen LogP contribution is 2.29. The summed E-state index contributed by atoms with van der Waals surface area (Å²) in [6.45, 7) is 4.11. The molecular weight excluding hydrogens is 579 g/mol. The first kappa shape index (κ1) is 28.7. The lowest BCUT2D eigenvalue weighted by Gasteiger charge is -2.31. The first-order valence-corrected chi connectivity index (χ1v) is 14.2. The van der Waals surface area contributed by atoms with E-state index in [0.717, 1.165) is 11.1 Å². The molecule has 0 saturated carbocycles. The minimum absolute atomic E-state index is 0.230. The number of para-hydroxylation sites is 1. The Morgan fingerprint density at radius 2 is 1.61 bits per heavy atom. The van der Waals surface area contributed by atoms with E-state index in [0.29, 0.717) is 56.1 Å². The number of rotatable bonds is 7. The predicted molar refractivity (Wildman–Crippen MR) is 168 cm³/mol. The second-order valence-electron chi connectivity index (χ2n) is 9.72. The van der Waals surface area contributed by atoms with Crippen LogP contribution in [0.25, 0.3) is 16.6 Å². The third-order valence-electron chi connectivity index (χ3n) is 6.96. The summed E-state index contributed by atoms with van der Waals surface area (Å²) in [6.07, 6.45) is 0.588. The van der Waals surface area contributed by atoms with Crippen molar-refractivity contribution >= 4 is 57.4 Å². The van der Waals surface area contributed by atoms with E-state index < -0.39 is 6.04 Å². The van der Waals surface area contributed by atoms with Crippen LogP contribution in [0.5, 0.6) is 0 Å². The Balaban J connectivity index is 1.63. The number of hydrogen-bond acceptors (Lipinski definition) is 3. The predicted octanol–water partition coefficient (Wildman–Crippen LogP) is 8.49. The Bertz CT molecular complexity index is 1790. The average molecular weight is 606 g/mol. The van der Waals surface area contributed by atoms with Crippen molar-refractivity contribution in [2.24, 2.45) is 0 Å². The summed E-state index contributed by atoms with van der Waals surface area (Å²) in [5.74, 6) is 0.421. The van der Waals surface area contributed by atoms with Gasteiger partial charge in [0.2, 0.25) is 0 Å². The number of aryl methyl sites for hydroxylation is 1. The standard InChI is InChI=1S/C32H27Cl3N4O2/c1-20-18-23(33)13-15-29(20)39-30(36-27-11-7-6-10-25(27)31(39)40)21(2)38(17-16-22-8-4-3-5-9-22)32(41)37-28-14-12-24(34)19-26(28)35/h3-15,18-19,21H,16-17H2,1-2H3,(H,37,41). The summed E-state index contributed by atoms with van der Waals surface area (Å²) in [5.41, 5.74) is 3.26. The SMILES string of the molecule is Cc1cc(Cl)ccc1-n1c(C(C)N(CCc2ccccc2)C(=O)Nc2ccc(Cl)cc2Cl)nc2ccccc2c1=O. The number of hydrogen-bond donors (Lipinski definition) is 1. The lowest BCUT2D eigenvalue weighted by Crippen LogP contribution is -2.41. The fraction of sp³-hybridized carbons (Fsp3) is 0.156. The van der Waals surface area contributed by atoms with Gasteiger partial charge in [0, 0.05) is 16.6 Å². The van der Waals surface area contributed by atoms with Crippen LogP contribution in [0, 0.1) is 6.92 Å². The van der Waals surface area contributed by atoms with Gasteiger partial charge in [-0.15, -0.1) is 0 Å². The number of carbonyl (C=O) groups is 1. The number of anilines is 1. The van der Waals surface area contributed by atoms with Crippen molar-refractivity contribution < 1.29 is 4.79 Å². The van der Waals surface area contributed by atoms with Gasteiger partial charge in [-0.05, 0) is 79.9 Å². The minimum Gasteiger partial charge on any atom is -0.314 e. The molecule has 5 rings (SSSR count). The highest BCUT2D eigenvalue weighted by molar-refractivity contribution is 6.36. The van der Waals surface area contributed by atoms with Crippen LogP contribution in [-0.2, 0) is 6.42 Å². The average Bonchev–Trinajstić information content (AvgIpc) is 2.95. The van der Waals surface area contributed by atoms with E-state index in [2.05, 4.69) is 5.32 Å². The van der Waals surface area contributed by atoms with Crippen LogP contribution in [0.4, 0.5) is 10.5 Å². The second kappa shape index (κ2) is 12.4. The number of carbonyl (C=O) groups excluding carboxylic acids is 1. The van der Waals surface area contributed by atoms with E-state index in [1.807, 2.05) is 56.3 Å². The van der Waals surface area contributed by atoms with Crippen LogP contribution in [0.1, 0.15) is 29.9 Å². The van der Waals surface area contributed by atoms with Gasteiger partial charge < -0.3 is 10.2 Å². The van der Waals surface area contributed by atoms with Gasteiger partial charge in [-0.2, -0.15) is 0 Å². The third-order valence-corrected chi connectivity index (χ3v) is 7.74. The zero-order chi connectivity index (χ0) is 29.1. The maximum absolute atomic E-state index is 14.0. The zero-order valence-electron chi connectivity index (χ0n) is 22.4. The maximum atomic E-state index is 14.0. The maximum Gasteiger partial charge on any atom is 0.322 e. The highest BCUT2D eigenvalue weighted by Gasteiger charge is 2.28. The second-order valence-corrected chi connectivity index (χ2v) is 11.0. The molecular formula is C32H27Cl3N4O2. The van der Waals surface area contributed by atoms with Crippen molar-refractivity contribution in [1.29, 1.82) is 0 Å². The largest absolute Gasteiger partial charge is 0.322 e. The molecule has 0 saturated heterocycles. The Labute approximate surface area is 253 Å². The first-order valence-electron chi connectivity index (χ1n) is 13.1. The molecule has 0 bridgehead atoms. The molecule has 6 nitrogen and oxygen atoms in total. The van der Waals surface area contributed by atoms with Crippen molar-refractivity contribution in [3.8, 4) is 5.69 Å². The summed E-state index contributed by atoms with van der Waals surface area (Å²) in [4.78, 5) is 34.5. The first-order chi connectivity index (χ1) is 19.7. The number of halogens is 3. The fourth-order valence-electron chi connectivity index (χ4n) is 4.82. The molecule has 0 aliphatic rings. The molecule has 1 heterocycles. The number of urea groups is 1. The fourth-order valence-corrected chi connectivity index (χ4v) is 5.50. The van der Waals surface area contributed by atoms with Crippen LogP contribution in [0.2, 0.25) is 15.1 Å². The van der Waals surface area contributed by atoms with Gasteiger partial charge in [0.15, 0.2) is 0 Å². The lowest BCUT2D eigenvalue weighted by atomic mass is 10.1. The number of nitrogens with zero attached hydrogens (tertiary/aromatic N) is 3. The van der Waals surface area contributed by atoms with Gasteiger partial charge in [0.1, 0.15) is 5.82 Å². The van der Waals surface area contributed by atoms with Gasteiger partial charge in [-0.3, -0.25) is 9.36 Å². The molecule has 1 aromatic heterocycles. The minimum atomic E-state index is -0.614. The molecule has 2 amide bonds. The number of nitrogens with one attached hydrogen (secondary N) is 1. The Kier molecular flexibility index (Phi) is 8.64. The van der Waals surface area contributed by atoms with Crippen molar-refractivity contribution in [2.75, 3.05) is 11.9 Å². The molecule has 9 heteroatoms. The monoisotopic (exact) mass is 604 g/mol. The van der Waals surface area contributed by atoms with Gasteiger partial charge >= 0.3 is 6.03 Å². The molecule has 5 aromatic rings. The van der Waals surface area contributed by atoms with Crippen LogP contribution in [-0.4, -0.2) is 27.0 Å². The van der Waals surface area contributed by atoms with Gasteiger partial charge in [-0.25, -0.2) is 9.78 Å². The molecule has 1 N–H and O–H groups in total. The molecule has 0 aliphatic heterocycles. The van der Waals surface area contributed by atoms with Crippen LogP contribution >= 0.6 is 34.8 Å². The Morgan fingerprint density at radius 1 is 0.927 bits per heavy atom. The zero-order valence-corrected chi connectivity index (χ0v) is 24.7. The van der Waals surface area contributed by atoms with E-state index in [-0.39, 0.29) is 11.6 Å².